The van der Waals surface area contributed by atoms with Crippen LogP contribution in [0.5, 0.6) is 5.75 Å². The zero-order valence-corrected chi connectivity index (χ0v) is 10.1. The van der Waals surface area contributed by atoms with Gasteiger partial charge >= 0.3 is 0 Å². The lowest BCUT2D eigenvalue weighted by molar-refractivity contribution is -0.105. The van der Waals surface area contributed by atoms with Gasteiger partial charge in [0.15, 0.2) is 0 Å². The van der Waals surface area contributed by atoms with Gasteiger partial charge in [0.05, 0.1) is 0 Å². The van der Waals surface area contributed by atoms with Crippen LogP contribution < -0.4 is 0 Å². The van der Waals surface area contributed by atoms with E-state index in [0.717, 1.165) is 11.8 Å². The normalized spacial score (nSPS) is 11.6. The third-order valence-electron chi connectivity index (χ3n) is 2.37. The maximum absolute atomic E-state index is 10.7. The summed E-state index contributed by atoms with van der Waals surface area (Å²) in [6.45, 7) is 7.42. The molecule has 0 radical (unpaired) electrons. The number of hydrogen-bond donors (Lipinski definition) is 1. The van der Waals surface area contributed by atoms with Crippen molar-refractivity contribution in [2.45, 2.75) is 20.3 Å². The number of phenols is 1. The molecule has 0 bridgehead atoms. The average molecular weight is 232 g/mol. The maximum atomic E-state index is 10.7. The maximum Gasteiger partial charge on any atom is 0.149 e. The van der Waals surface area contributed by atoms with Gasteiger partial charge in [0.1, 0.15) is 23.6 Å². The highest BCUT2D eigenvalue weighted by Gasteiger charge is 2.06. The van der Waals surface area contributed by atoms with Crippen LogP contribution in [0, 0.1) is 0 Å². The van der Waals surface area contributed by atoms with E-state index in [0.29, 0.717) is 23.5 Å². The molecule has 1 aromatic rings. The largest absolute Gasteiger partial charge is 0.508 e. The molecule has 17 heavy (non-hydrogen) atoms. The Morgan fingerprint density at radius 3 is 2.47 bits per heavy atom. The van der Waals surface area contributed by atoms with Gasteiger partial charge in [-0.2, -0.15) is 0 Å². The van der Waals surface area contributed by atoms with E-state index in [2.05, 4.69) is 6.58 Å². The standard InChI is InChI=1S/C14H16O3/c1-4-14(10(2)9-15)17-11(3)12-5-7-13(16)8-6-12/h5-9,16H,3-4H2,1-2H3/b14-10+. The summed E-state index contributed by atoms with van der Waals surface area (Å²) in [7, 11) is 0. The third-order valence-corrected chi connectivity index (χ3v) is 2.37. The van der Waals surface area contributed by atoms with E-state index in [9.17, 15) is 4.79 Å². The number of carbonyl (C=O) groups is 1. The minimum Gasteiger partial charge on any atom is -0.508 e. The van der Waals surface area contributed by atoms with Crippen LogP contribution in [-0.4, -0.2) is 11.4 Å². The number of benzene rings is 1. The number of aldehydes is 1. The summed E-state index contributed by atoms with van der Waals surface area (Å²) in [5.74, 6) is 1.26. The van der Waals surface area contributed by atoms with Crippen molar-refractivity contribution in [3.05, 3.63) is 47.7 Å². The summed E-state index contributed by atoms with van der Waals surface area (Å²) >= 11 is 0. The third kappa shape index (κ3) is 3.48. The Bertz CT molecular complexity index is 441. The first-order chi connectivity index (χ1) is 8.08. The molecular weight excluding hydrogens is 216 g/mol. The van der Waals surface area contributed by atoms with E-state index in [-0.39, 0.29) is 5.75 Å². The number of rotatable bonds is 5. The van der Waals surface area contributed by atoms with Gasteiger partial charge in [-0.15, -0.1) is 0 Å². The van der Waals surface area contributed by atoms with Crippen molar-refractivity contribution < 1.29 is 14.6 Å². The smallest absolute Gasteiger partial charge is 0.149 e. The molecule has 0 aliphatic heterocycles. The number of aromatic hydroxyl groups is 1. The first-order valence-electron chi connectivity index (χ1n) is 5.39. The molecule has 0 aliphatic rings. The lowest BCUT2D eigenvalue weighted by Gasteiger charge is -2.12. The van der Waals surface area contributed by atoms with Gasteiger partial charge in [0.25, 0.3) is 0 Å². The molecule has 1 N–H and O–H groups in total. The molecule has 0 saturated heterocycles. The molecule has 0 spiro atoms. The predicted octanol–water partition coefficient (Wildman–Crippen LogP) is 3.26. The first-order valence-corrected chi connectivity index (χ1v) is 5.39. The molecule has 0 heterocycles. The molecule has 1 rings (SSSR count). The van der Waals surface area contributed by atoms with Crippen LogP contribution in [0.4, 0.5) is 0 Å². The van der Waals surface area contributed by atoms with Crippen LogP contribution in [0.15, 0.2) is 42.2 Å². The Labute approximate surface area is 101 Å². The van der Waals surface area contributed by atoms with Crippen molar-refractivity contribution in [2.75, 3.05) is 0 Å². The number of phenolic OH excluding ortho intramolecular Hbond substituents is 1. The van der Waals surface area contributed by atoms with Crippen LogP contribution in [0.2, 0.25) is 0 Å². The topological polar surface area (TPSA) is 46.5 Å². The second kappa shape index (κ2) is 5.89. The van der Waals surface area contributed by atoms with Gasteiger partial charge in [0.2, 0.25) is 0 Å². The molecule has 3 nitrogen and oxygen atoms in total. The zero-order chi connectivity index (χ0) is 12.8. The second-order valence-corrected chi connectivity index (χ2v) is 3.65. The fourth-order valence-corrected chi connectivity index (χ4v) is 1.35. The Hall–Kier alpha value is -2.03. The molecule has 0 aliphatic carbocycles. The molecule has 0 saturated carbocycles. The molecule has 3 heteroatoms. The predicted molar refractivity (Wildman–Crippen MR) is 67.3 cm³/mol. The van der Waals surface area contributed by atoms with E-state index in [4.69, 9.17) is 9.84 Å². The van der Waals surface area contributed by atoms with Crippen molar-refractivity contribution in [1.29, 1.82) is 0 Å². The van der Waals surface area contributed by atoms with E-state index in [1.807, 2.05) is 6.92 Å². The van der Waals surface area contributed by atoms with Gasteiger partial charge in [-0.25, -0.2) is 0 Å². The first kappa shape index (κ1) is 13.0. The Balaban J connectivity index is 2.85. The highest BCUT2D eigenvalue weighted by Crippen LogP contribution is 2.22. The second-order valence-electron chi connectivity index (χ2n) is 3.65. The summed E-state index contributed by atoms with van der Waals surface area (Å²) in [5, 5.41) is 9.17. The molecule has 0 fully saturated rings. The molecule has 0 amide bonds. The lowest BCUT2D eigenvalue weighted by Crippen LogP contribution is -1.95. The van der Waals surface area contributed by atoms with Crippen molar-refractivity contribution in [3.8, 4) is 5.75 Å². The summed E-state index contributed by atoms with van der Waals surface area (Å²) in [5.41, 5.74) is 1.33. The van der Waals surface area contributed by atoms with Crippen LogP contribution in [-0.2, 0) is 9.53 Å². The fourth-order valence-electron chi connectivity index (χ4n) is 1.35. The van der Waals surface area contributed by atoms with Gasteiger partial charge in [0, 0.05) is 17.6 Å². The average Bonchev–Trinajstić information content (AvgIpc) is 2.35. The van der Waals surface area contributed by atoms with E-state index in [1.54, 1.807) is 31.2 Å². The fraction of sp³-hybridized carbons (Fsp3) is 0.214. The quantitative estimate of drug-likeness (QED) is 0.481. The minimum absolute atomic E-state index is 0.192. The van der Waals surface area contributed by atoms with Gasteiger partial charge < -0.3 is 9.84 Å². The molecule has 0 atom stereocenters. The number of ether oxygens (including phenoxy) is 1. The summed E-state index contributed by atoms with van der Waals surface area (Å²) < 4.78 is 5.55. The zero-order valence-electron chi connectivity index (χ0n) is 10.1. The van der Waals surface area contributed by atoms with Crippen LogP contribution in [0.3, 0.4) is 0 Å². The van der Waals surface area contributed by atoms with E-state index < -0.39 is 0 Å². The van der Waals surface area contributed by atoms with Crippen molar-refractivity contribution in [1.82, 2.24) is 0 Å². The Morgan fingerprint density at radius 2 is 2.00 bits per heavy atom. The molecule has 90 valence electrons. The summed E-state index contributed by atoms with van der Waals surface area (Å²) in [4.78, 5) is 10.7. The van der Waals surface area contributed by atoms with E-state index >= 15 is 0 Å². The van der Waals surface area contributed by atoms with Crippen molar-refractivity contribution in [2.24, 2.45) is 0 Å². The van der Waals surface area contributed by atoms with E-state index in [1.165, 1.54) is 0 Å². The minimum atomic E-state index is 0.192. The number of carbonyl (C=O) groups excluding carboxylic acids is 1. The summed E-state index contributed by atoms with van der Waals surface area (Å²) in [6.07, 6.45) is 1.39. The van der Waals surface area contributed by atoms with Gasteiger partial charge in [-0.3, -0.25) is 4.79 Å². The van der Waals surface area contributed by atoms with Crippen molar-refractivity contribution >= 4 is 12.0 Å². The van der Waals surface area contributed by atoms with Crippen LogP contribution in [0.1, 0.15) is 25.8 Å². The van der Waals surface area contributed by atoms with Crippen molar-refractivity contribution in [3.63, 3.8) is 0 Å². The Kier molecular flexibility index (Phi) is 4.52. The molecular formula is C14H16O3. The highest BCUT2D eigenvalue weighted by atomic mass is 16.5. The molecule has 0 unspecified atom stereocenters. The monoisotopic (exact) mass is 232 g/mol. The summed E-state index contributed by atoms with van der Waals surface area (Å²) in [6, 6.07) is 6.54. The number of allylic oxidation sites excluding steroid dienone is 2. The van der Waals surface area contributed by atoms with Crippen LogP contribution in [0.25, 0.3) is 5.76 Å². The lowest BCUT2D eigenvalue weighted by atomic mass is 10.2. The highest BCUT2D eigenvalue weighted by molar-refractivity contribution is 5.73. The van der Waals surface area contributed by atoms with Gasteiger partial charge in [-0.1, -0.05) is 13.5 Å². The Morgan fingerprint density at radius 1 is 1.41 bits per heavy atom. The van der Waals surface area contributed by atoms with Crippen LogP contribution >= 0.6 is 0 Å². The molecule has 0 aromatic heterocycles. The molecule has 1 aromatic carbocycles. The van der Waals surface area contributed by atoms with Gasteiger partial charge in [-0.05, 0) is 31.2 Å². The number of hydrogen-bond acceptors (Lipinski definition) is 3. The SMILES string of the molecule is C=C(O/C(CC)=C(\C)C=O)c1ccc(O)cc1.